The minimum atomic E-state index is 0.0816. The van der Waals surface area contributed by atoms with E-state index in [-0.39, 0.29) is 5.91 Å². The SMILES string of the molecule is O=C(CCc1cc2n(n1)CCNC2)NCCc1ccncc1. The molecule has 116 valence electrons. The molecule has 0 saturated carbocycles. The molecule has 0 atom stereocenters. The number of fused-ring (bicyclic) bond motifs is 1. The number of amides is 1. The summed E-state index contributed by atoms with van der Waals surface area (Å²) in [5.74, 6) is 0.0816. The van der Waals surface area contributed by atoms with E-state index in [1.807, 2.05) is 16.8 Å². The van der Waals surface area contributed by atoms with Crippen molar-refractivity contribution in [1.82, 2.24) is 25.4 Å². The van der Waals surface area contributed by atoms with E-state index in [1.165, 1.54) is 11.3 Å². The topological polar surface area (TPSA) is 71.8 Å². The Morgan fingerprint density at radius 1 is 1.32 bits per heavy atom. The minimum Gasteiger partial charge on any atom is -0.356 e. The van der Waals surface area contributed by atoms with Crippen LogP contribution < -0.4 is 10.6 Å². The van der Waals surface area contributed by atoms with Crippen LogP contribution in [-0.4, -0.2) is 33.8 Å². The Kier molecular flexibility index (Phi) is 4.80. The summed E-state index contributed by atoms with van der Waals surface area (Å²) in [5.41, 5.74) is 3.40. The van der Waals surface area contributed by atoms with Crippen LogP contribution in [0.25, 0.3) is 0 Å². The number of rotatable bonds is 6. The van der Waals surface area contributed by atoms with Crippen LogP contribution in [0.3, 0.4) is 0 Å². The fourth-order valence-electron chi connectivity index (χ4n) is 2.60. The van der Waals surface area contributed by atoms with Crippen LogP contribution in [0.5, 0.6) is 0 Å². The number of hydrogen-bond donors (Lipinski definition) is 2. The molecule has 6 nitrogen and oxygen atoms in total. The van der Waals surface area contributed by atoms with Crippen LogP contribution in [0.2, 0.25) is 0 Å². The summed E-state index contributed by atoms with van der Waals surface area (Å²) in [7, 11) is 0. The summed E-state index contributed by atoms with van der Waals surface area (Å²) in [5, 5.41) is 10.8. The molecule has 22 heavy (non-hydrogen) atoms. The minimum absolute atomic E-state index is 0.0816. The Morgan fingerprint density at radius 2 is 2.18 bits per heavy atom. The normalized spacial score (nSPS) is 13.6. The lowest BCUT2D eigenvalue weighted by molar-refractivity contribution is -0.121. The van der Waals surface area contributed by atoms with E-state index in [2.05, 4.69) is 26.8 Å². The lowest BCUT2D eigenvalue weighted by Crippen LogP contribution is -2.28. The third-order valence-corrected chi connectivity index (χ3v) is 3.81. The number of pyridine rings is 1. The van der Waals surface area contributed by atoms with Gasteiger partial charge in [-0.1, -0.05) is 0 Å². The van der Waals surface area contributed by atoms with Crippen LogP contribution in [0, 0.1) is 0 Å². The average Bonchev–Trinajstić information content (AvgIpc) is 2.97. The van der Waals surface area contributed by atoms with Crippen molar-refractivity contribution < 1.29 is 4.79 Å². The number of aryl methyl sites for hydroxylation is 1. The van der Waals surface area contributed by atoms with E-state index < -0.39 is 0 Å². The van der Waals surface area contributed by atoms with E-state index in [9.17, 15) is 4.79 Å². The zero-order valence-electron chi connectivity index (χ0n) is 12.6. The van der Waals surface area contributed by atoms with Gasteiger partial charge in [0, 0.05) is 44.9 Å². The molecule has 0 unspecified atom stereocenters. The number of nitrogens with zero attached hydrogens (tertiary/aromatic N) is 3. The molecule has 1 amide bonds. The van der Waals surface area contributed by atoms with Crippen molar-refractivity contribution in [2.45, 2.75) is 32.4 Å². The Morgan fingerprint density at radius 3 is 3.00 bits per heavy atom. The second-order valence-corrected chi connectivity index (χ2v) is 5.48. The van der Waals surface area contributed by atoms with E-state index in [1.54, 1.807) is 12.4 Å². The average molecular weight is 299 g/mol. The first-order valence-corrected chi connectivity index (χ1v) is 7.73. The van der Waals surface area contributed by atoms with Crippen LogP contribution in [0.4, 0.5) is 0 Å². The number of carbonyl (C=O) groups excluding carboxylic acids is 1. The third kappa shape index (κ3) is 3.92. The number of carbonyl (C=O) groups is 1. The molecule has 2 N–H and O–H groups in total. The number of hydrogen-bond acceptors (Lipinski definition) is 4. The largest absolute Gasteiger partial charge is 0.356 e. The van der Waals surface area contributed by atoms with Gasteiger partial charge in [-0.05, 0) is 30.2 Å². The Balaban J connectivity index is 1.40. The van der Waals surface area contributed by atoms with Crippen LogP contribution in [0.15, 0.2) is 30.6 Å². The maximum Gasteiger partial charge on any atom is 0.220 e. The van der Waals surface area contributed by atoms with Gasteiger partial charge in [0.1, 0.15) is 0 Å². The summed E-state index contributed by atoms with van der Waals surface area (Å²) in [4.78, 5) is 15.9. The van der Waals surface area contributed by atoms with Gasteiger partial charge < -0.3 is 10.6 Å². The number of nitrogens with one attached hydrogen (secondary N) is 2. The van der Waals surface area contributed by atoms with Crippen LogP contribution >= 0.6 is 0 Å². The van der Waals surface area contributed by atoms with Crippen molar-refractivity contribution in [2.24, 2.45) is 0 Å². The van der Waals surface area contributed by atoms with Gasteiger partial charge in [0.15, 0.2) is 0 Å². The molecule has 6 heteroatoms. The highest BCUT2D eigenvalue weighted by Gasteiger charge is 2.12. The van der Waals surface area contributed by atoms with E-state index in [4.69, 9.17) is 0 Å². The van der Waals surface area contributed by atoms with Crippen molar-refractivity contribution in [1.29, 1.82) is 0 Å². The second kappa shape index (κ2) is 7.17. The maximum atomic E-state index is 11.9. The molecule has 0 aromatic carbocycles. The maximum absolute atomic E-state index is 11.9. The smallest absolute Gasteiger partial charge is 0.220 e. The summed E-state index contributed by atoms with van der Waals surface area (Å²) in [6.45, 7) is 3.40. The first kappa shape index (κ1) is 14.7. The molecule has 0 fully saturated rings. The van der Waals surface area contributed by atoms with Crippen molar-refractivity contribution in [3.63, 3.8) is 0 Å². The fraction of sp³-hybridized carbons (Fsp3) is 0.438. The summed E-state index contributed by atoms with van der Waals surface area (Å²) in [6.07, 6.45) is 5.55. The van der Waals surface area contributed by atoms with Gasteiger partial charge in [0.2, 0.25) is 5.91 Å². The van der Waals surface area contributed by atoms with Gasteiger partial charge in [0.25, 0.3) is 0 Å². The first-order valence-electron chi connectivity index (χ1n) is 7.73. The van der Waals surface area contributed by atoms with E-state index in [0.29, 0.717) is 19.4 Å². The monoisotopic (exact) mass is 299 g/mol. The van der Waals surface area contributed by atoms with Gasteiger partial charge in [-0.3, -0.25) is 14.5 Å². The standard InChI is InChI=1S/C16H21N5O/c22-16(19-8-5-13-3-6-17-7-4-13)2-1-14-11-15-12-18-9-10-21(15)20-14/h3-4,6-7,11,18H,1-2,5,8-10,12H2,(H,19,22). The Hall–Kier alpha value is -2.21. The first-order chi connectivity index (χ1) is 10.8. The summed E-state index contributed by atoms with van der Waals surface area (Å²) < 4.78 is 2.03. The van der Waals surface area contributed by atoms with Gasteiger partial charge in [0.05, 0.1) is 17.9 Å². The molecule has 0 bridgehead atoms. The lowest BCUT2D eigenvalue weighted by atomic mass is 10.2. The fourth-order valence-corrected chi connectivity index (χ4v) is 2.60. The van der Waals surface area contributed by atoms with E-state index >= 15 is 0 Å². The zero-order chi connectivity index (χ0) is 15.2. The third-order valence-electron chi connectivity index (χ3n) is 3.81. The summed E-state index contributed by atoms with van der Waals surface area (Å²) in [6, 6.07) is 6.03. The van der Waals surface area contributed by atoms with Gasteiger partial charge >= 0.3 is 0 Å². The van der Waals surface area contributed by atoms with Gasteiger partial charge in [-0.25, -0.2) is 0 Å². The number of aromatic nitrogens is 3. The molecule has 0 radical (unpaired) electrons. The van der Waals surface area contributed by atoms with Gasteiger partial charge in [-0.15, -0.1) is 0 Å². The van der Waals surface area contributed by atoms with Crippen LogP contribution in [-0.2, 0) is 30.7 Å². The molecule has 0 saturated heterocycles. The predicted molar refractivity (Wildman–Crippen MR) is 83.2 cm³/mol. The molecular formula is C16H21N5O. The van der Waals surface area contributed by atoms with Crippen LogP contribution in [0.1, 0.15) is 23.4 Å². The molecule has 1 aliphatic heterocycles. The second-order valence-electron chi connectivity index (χ2n) is 5.48. The van der Waals surface area contributed by atoms with Crippen molar-refractivity contribution in [2.75, 3.05) is 13.1 Å². The highest BCUT2D eigenvalue weighted by Crippen LogP contribution is 2.09. The lowest BCUT2D eigenvalue weighted by Gasteiger charge is -2.13. The van der Waals surface area contributed by atoms with Crippen molar-refractivity contribution >= 4 is 5.91 Å². The molecule has 3 heterocycles. The highest BCUT2D eigenvalue weighted by atomic mass is 16.1. The van der Waals surface area contributed by atoms with E-state index in [0.717, 1.165) is 31.7 Å². The molecule has 0 aliphatic carbocycles. The van der Waals surface area contributed by atoms with Gasteiger partial charge in [-0.2, -0.15) is 5.10 Å². The Labute approximate surface area is 129 Å². The highest BCUT2D eigenvalue weighted by molar-refractivity contribution is 5.76. The molecule has 1 aliphatic rings. The Bertz CT molecular complexity index is 599. The molecular weight excluding hydrogens is 278 g/mol. The van der Waals surface area contributed by atoms with Crippen molar-refractivity contribution in [3.8, 4) is 0 Å². The zero-order valence-corrected chi connectivity index (χ0v) is 12.6. The molecule has 3 rings (SSSR count). The quantitative estimate of drug-likeness (QED) is 0.822. The molecule has 0 spiro atoms. The van der Waals surface area contributed by atoms with Crippen molar-refractivity contribution in [3.05, 3.63) is 47.5 Å². The molecule has 2 aromatic heterocycles. The molecule has 2 aromatic rings. The summed E-state index contributed by atoms with van der Waals surface area (Å²) >= 11 is 0. The predicted octanol–water partition coefficient (Wildman–Crippen LogP) is 0.673.